The van der Waals surface area contributed by atoms with Crippen molar-refractivity contribution in [2.45, 2.75) is 71.8 Å². The molecule has 0 aliphatic heterocycles. The standard InChI is InChI=1S/C17H28O/c1-5-12(2)18-16(3,4)17-9-13-6-14(10-17)8-15(7-13)11-17/h5,13-15H,6-11H2,1-4H3. The van der Waals surface area contributed by atoms with E-state index in [0.29, 0.717) is 5.41 Å². The Morgan fingerprint density at radius 3 is 1.89 bits per heavy atom. The Balaban J connectivity index is 1.86. The molecule has 18 heavy (non-hydrogen) atoms. The van der Waals surface area contributed by atoms with Crippen LogP contribution in [0.1, 0.15) is 66.2 Å². The fourth-order valence-electron chi connectivity index (χ4n) is 5.42. The Labute approximate surface area is 112 Å². The van der Waals surface area contributed by atoms with Gasteiger partial charge in [0.15, 0.2) is 0 Å². The molecule has 0 aromatic heterocycles. The third kappa shape index (κ3) is 1.82. The second kappa shape index (κ2) is 4.02. The van der Waals surface area contributed by atoms with Gasteiger partial charge in [-0.3, -0.25) is 0 Å². The summed E-state index contributed by atoms with van der Waals surface area (Å²) in [5, 5.41) is 0. The highest BCUT2D eigenvalue weighted by Gasteiger charge is 2.58. The van der Waals surface area contributed by atoms with E-state index >= 15 is 0 Å². The van der Waals surface area contributed by atoms with E-state index in [-0.39, 0.29) is 5.60 Å². The number of ether oxygens (including phenoxy) is 1. The molecule has 102 valence electrons. The topological polar surface area (TPSA) is 9.23 Å². The van der Waals surface area contributed by atoms with Gasteiger partial charge in [0.2, 0.25) is 0 Å². The molecule has 0 amide bonds. The van der Waals surface area contributed by atoms with Crippen LogP contribution in [0.15, 0.2) is 11.8 Å². The van der Waals surface area contributed by atoms with Crippen LogP contribution >= 0.6 is 0 Å². The molecular formula is C17H28O. The minimum absolute atomic E-state index is 0.0135. The van der Waals surface area contributed by atoms with Crippen molar-refractivity contribution in [1.82, 2.24) is 0 Å². The fraction of sp³-hybridized carbons (Fsp3) is 0.882. The summed E-state index contributed by atoms with van der Waals surface area (Å²) in [6.45, 7) is 8.85. The third-order valence-corrected chi connectivity index (χ3v) is 6.14. The molecule has 0 aromatic rings. The molecule has 0 heterocycles. The van der Waals surface area contributed by atoms with Gasteiger partial charge in [-0.15, -0.1) is 0 Å². The zero-order valence-corrected chi connectivity index (χ0v) is 12.5. The van der Waals surface area contributed by atoms with Crippen LogP contribution in [-0.2, 0) is 4.74 Å². The average molecular weight is 248 g/mol. The van der Waals surface area contributed by atoms with E-state index in [1.807, 2.05) is 0 Å². The van der Waals surface area contributed by atoms with Crippen molar-refractivity contribution in [2.75, 3.05) is 0 Å². The molecule has 4 aliphatic rings. The molecule has 0 atom stereocenters. The Bertz CT molecular complexity index is 329. The maximum atomic E-state index is 6.33. The zero-order chi connectivity index (χ0) is 13.0. The molecule has 0 N–H and O–H groups in total. The van der Waals surface area contributed by atoms with Crippen LogP contribution in [0.4, 0.5) is 0 Å². The molecule has 4 rings (SSSR count). The molecule has 4 saturated carbocycles. The van der Waals surface area contributed by atoms with E-state index in [1.54, 1.807) is 0 Å². The SMILES string of the molecule is CC=C(C)OC(C)(C)C12CC3CC(CC(C3)C1)C2. The second-order valence-electron chi connectivity index (χ2n) is 7.71. The van der Waals surface area contributed by atoms with Gasteiger partial charge < -0.3 is 4.74 Å². The summed E-state index contributed by atoms with van der Waals surface area (Å²) in [7, 11) is 0. The number of rotatable bonds is 3. The fourth-order valence-corrected chi connectivity index (χ4v) is 5.42. The summed E-state index contributed by atoms with van der Waals surface area (Å²) in [6.07, 6.45) is 10.9. The van der Waals surface area contributed by atoms with Crippen molar-refractivity contribution in [3.05, 3.63) is 11.8 Å². The van der Waals surface area contributed by atoms with E-state index in [2.05, 4.69) is 33.8 Å². The molecule has 4 bridgehead atoms. The first-order chi connectivity index (χ1) is 8.44. The maximum Gasteiger partial charge on any atom is 0.109 e. The Hall–Kier alpha value is -0.460. The summed E-state index contributed by atoms with van der Waals surface area (Å²) < 4.78 is 6.33. The lowest BCUT2D eigenvalue weighted by molar-refractivity contribution is -0.171. The van der Waals surface area contributed by atoms with Gasteiger partial charge >= 0.3 is 0 Å². The largest absolute Gasteiger partial charge is 0.492 e. The number of hydrogen-bond acceptors (Lipinski definition) is 1. The predicted octanol–water partition coefficient (Wildman–Crippen LogP) is 4.92. The van der Waals surface area contributed by atoms with E-state index in [4.69, 9.17) is 4.74 Å². The molecule has 0 saturated heterocycles. The van der Waals surface area contributed by atoms with E-state index in [1.165, 1.54) is 38.5 Å². The van der Waals surface area contributed by atoms with Crippen molar-refractivity contribution in [1.29, 1.82) is 0 Å². The molecule has 0 unspecified atom stereocenters. The Kier molecular flexibility index (Phi) is 2.80. The first kappa shape index (κ1) is 12.6. The number of hydrogen-bond donors (Lipinski definition) is 0. The van der Waals surface area contributed by atoms with Gasteiger partial charge in [-0.1, -0.05) is 0 Å². The average Bonchev–Trinajstić information content (AvgIpc) is 2.26. The Morgan fingerprint density at radius 2 is 1.50 bits per heavy atom. The van der Waals surface area contributed by atoms with Gasteiger partial charge in [0.25, 0.3) is 0 Å². The second-order valence-corrected chi connectivity index (χ2v) is 7.71. The van der Waals surface area contributed by atoms with Gasteiger partial charge in [-0.05, 0) is 90.0 Å². The zero-order valence-electron chi connectivity index (χ0n) is 12.5. The maximum absolute atomic E-state index is 6.33. The van der Waals surface area contributed by atoms with Crippen LogP contribution < -0.4 is 0 Å². The third-order valence-electron chi connectivity index (χ3n) is 6.14. The van der Waals surface area contributed by atoms with E-state index in [0.717, 1.165) is 23.5 Å². The molecule has 0 radical (unpaired) electrons. The molecule has 4 aliphatic carbocycles. The molecule has 1 nitrogen and oxygen atoms in total. The minimum atomic E-state index is 0.0135. The van der Waals surface area contributed by atoms with Crippen molar-refractivity contribution < 1.29 is 4.74 Å². The predicted molar refractivity (Wildman–Crippen MR) is 75.2 cm³/mol. The van der Waals surface area contributed by atoms with Gasteiger partial charge in [-0.25, -0.2) is 0 Å². The van der Waals surface area contributed by atoms with Gasteiger partial charge in [-0.2, -0.15) is 0 Å². The molecule has 1 heteroatoms. The summed E-state index contributed by atoms with van der Waals surface area (Å²) in [6, 6.07) is 0. The van der Waals surface area contributed by atoms with Crippen LogP contribution in [0.3, 0.4) is 0 Å². The van der Waals surface area contributed by atoms with Gasteiger partial charge in [0.05, 0.1) is 5.76 Å². The van der Waals surface area contributed by atoms with Crippen molar-refractivity contribution in [3.63, 3.8) is 0 Å². The molecule has 0 aromatic carbocycles. The minimum Gasteiger partial charge on any atom is -0.492 e. The lowest BCUT2D eigenvalue weighted by Crippen LogP contribution is -2.56. The molecule has 4 fully saturated rings. The van der Waals surface area contributed by atoms with Crippen LogP contribution in [0.2, 0.25) is 0 Å². The van der Waals surface area contributed by atoms with E-state index < -0.39 is 0 Å². The van der Waals surface area contributed by atoms with Crippen LogP contribution in [0.25, 0.3) is 0 Å². The summed E-state index contributed by atoms with van der Waals surface area (Å²) in [5.41, 5.74) is 0.478. The van der Waals surface area contributed by atoms with Crippen LogP contribution in [0.5, 0.6) is 0 Å². The van der Waals surface area contributed by atoms with Crippen molar-refractivity contribution in [2.24, 2.45) is 23.2 Å². The van der Waals surface area contributed by atoms with Crippen LogP contribution in [0, 0.1) is 23.2 Å². The smallest absolute Gasteiger partial charge is 0.109 e. The van der Waals surface area contributed by atoms with Crippen molar-refractivity contribution >= 4 is 0 Å². The quantitative estimate of drug-likeness (QED) is 0.644. The monoisotopic (exact) mass is 248 g/mol. The van der Waals surface area contributed by atoms with Crippen molar-refractivity contribution in [3.8, 4) is 0 Å². The molecule has 0 spiro atoms. The number of allylic oxidation sites excluding steroid dienone is 2. The highest BCUT2D eigenvalue weighted by atomic mass is 16.5. The van der Waals surface area contributed by atoms with E-state index in [9.17, 15) is 0 Å². The van der Waals surface area contributed by atoms with Gasteiger partial charge in [0, 0.05) is 5.41 Å². The molecular weight excluding hydrogens is 220 g/mol. The summed E-state index contributed by atoms with van der Waals surface area (Å²) in [5.74, 6) is 4.11. The highest BCUT2D eigenvalue weighted by molar-refractivity contribution is 5.09. The lowest BCUT2D eigenvalue weighted by atomic mass is 9.46. The Morgan fingerprint density at radius 1 is 1.06 bits per heavy atom. The van der Waals surface area contributed by atoms with Gasteiger partial charge in [0.1, 0.15) is 5.60 Å². The summed E-state index contributed by atoms with van der Waals surface area (Å²) in [4.78, 5) is 0. The lowest BCUT2D eigenvalue weighted by Gasteiger charge is -2.61. The normalized spacial score (nSPS) is 43.3. The summed E-state index contributed by atoms with van der Waals surface area (Å²) >= 11 is 0. The van der Waals surface area contributed by atoms with Crippen LogP contribution in [-0.4, -0.2) is 5.60 Å². The highest BCUT2D eigenvalue weighted by Crippen LogP contribution is 2.64. The first-order valence-electron chi connectivity index (χ1n) is 7.76. The first-order valence-corrected chi connectivity index (χ1v) is 7.76.